The molecule has 1 fully saturated rings. The molecule has 0 aromatic heterocycles. The second-order valence-electron chi connectivity index (χ2n) is 7.79. The molecule has 5 unspecified atom stereocenters. The third kappa shape index (κ3) is 5.25. The van der Waals surface area contributed by atoms with Gasteiger partial charge in [-0.3, -0.25) is 10.1 Å². The van der Waals surface area contributed by atoms with Crippen LogP contribution in [0.5, 0.6) is 0 Å². The average Bonchev–Trinajstić information content (AvgIpc) is 2.91. The summed E-state index contributed by atoms with van der Waals surface area (Å²) in [6.07, 6.45) is 0.592. The minimum absolute atomic E-state index is 0.207. The van der Waals surface area contributed by atoms with Crippen molar-refractivity contribution in [2.45, 2.75) is 75.9 Å². The Balaban J connectivity index is 1.54. The number of aliphatic carboxylic acids is 1. The maximum absolute atomic E-state index is 10.8. The molecule has 0 spiro atoms. The zero-order chi connectivity index (χ0) is 21.0. The van der Waals surface area contributed by atoms with Crippen LogP contribution in [0.15, 0.2) is 18.2 Å². The molecule has 0 aliphatic carbocycles. The molecule has 0 saturated carbocycles. The Morgan fingerprint density at radius 2 is 1.76 bits per heavy atom. The van der Waals surface area contributed by atoms with E-state index in [0.29, 0.717) is 30.4 Å². The number of carbonyl (C=O) groups is 1. The van der Waals surface area contributed by atoms with Gasteiger partial charge in [0, 0.05) is 29.8 Å². The van der Waals surface area contributed by atoms with Gasteiger partial charge < -0.3 is 30.8 Å². The first-order valence-corrected chi connectivity index (χ1v) is 10.2. The van der Waals surface area contributed by atoms with Crippen LogP contribution in [-0.2, 0) is 4.79 Å². The van der Waals surface area contributed by atoms with Crippen LogP contribution in [-0.4, -0.2) is 61.4 Å². The van der Waals surface area contributed by atoms with Gasteiger partial charge in [0.15, 0.2) is 0 Å². The quantitative estimate of drug-likeness (QED) is 0.295. The lowest BCUT2D eigenvalue weighted by atomic mass is 10.0. The summed E-state index contributed by atoms with van der Waals surface area (Å²) in [5, 5.41) is 55.8. The summed E-state index contributed by atoms with van der Waals surface area (Å²) < 4.78 is 0. The number of piperidine rings is 1. The first kappa shape index (κ1) is 21.9. The molecule has 9 nitrogen and oxygen atoms in total. The van der Waals surface area contributed by atoms with Gasteiger partial charge in [0.05, 0.1) is 6.04 Å². The van der Waals surface area contributed by atoms with Gasteiger partial charge in [0.1, 0.15) is 24.9 Å². The van der Waals surface area contributed by atoms with Gasteiger partial charge in [0.2, 0.25) is 0 Å². The minimum atomic E-state index is -1.05. The van der Waals surface area contributed by atoms with Crippen molar-refractivity contribution in [3.8, 4) is 0 Å². The fourth-order valence-corrected chi connectivity index (χ4v) is 4.14. The lowest BCUT2D eigenvalue weighted by molar-refractivity contribution is -0.159. The van der Waals surface area contributed by atoms with E-state index in [-0.39, 0.29) is 6.42 Å². The molecule has 7 N–H and O–H groups in total. The van der Waals surface area contributed by atoms with E-state index in [1.165, 1.54) is 4.90 Å². The van der Waals surface area contributed by atoms with Crippen LogP contribution in [0.4, 0.5) is 5.69 Å². The number of carboxylic acids is 1. The average molecular weight is 409 g/mol. The molecule has 3 rings (SSSR count). The van der Waals surface area contributed by atoms with E-state index in [0.717, 1.165) is 31.5 Å². The highest BCUT2D eigenvalue weighted by Gasteiger charge is 2.44. The van der Waals surface area contributed by atoms with Crippen LogP contribution < -0.4 is 10.6 Å². The van der Waals surface area contributed by atoms with Crippen LogP contribution in [0.2, 0.25) is 0 Å². The number of aliphatic hydroxyl groups excluding tert-OH is 4. The van der Waals surface area contributed by atoms with Crippen molar-refractivity contribution in [1.82, 2.24) is 10.2 Å². The summed E-state index contributed by atoms with van der Waals surface area (Å²) in [4.78, 5) is 12.0. The number of fused-ring (bicyclic) bond motifs is 1. The molecule has 1 aromatic carbocycles. The second-order valence-corrected chi connectivity index (χ2v) is 7.79. The van der Waals surface area contributed by atoms with Crippen molar-refractivity contribution in [1.29, 1.82) is 0 Å². The number of hydrogen-bond acceptors (Lipinski definition) is 8. The predicted octanol–water partition coefficient (Wildman–Crippen LogP) is 0.820. The van der Waals surface area contributed by atoms with Crippen molar-refractivity contribution in [3.05, 3.63) is 29.3 Å². The summed E-state index contributed by atoms with van der Waals surface area (Å²) in [6.45, 7) is 0.734. The summed E-state index contributed by atoms with van der Waals surface area (Å²) >= 11 is 0. The number of unbranched alkanes of at least 4 members (excludes halogenated alkanes) is 3. The number of anilines is 1. The second kappa shape index (κ2) is 9.84. The SMILES string of the molecule is O=C(O)CCCCCCNc1ccc2c(c1)C(O)N(C1CCC(O)NC1O)C2O. The first-order chi connectivity index (χ1) is 13.9. The first-order valence-electron chi connectivity index (χ1n) is 10.2. The maximum atomic E-state index is 10.8. The van der Waals surface area contributed by atoms with E-state index in [1.54, 1.807) is 6.07 Å². The van der Waals surface area contributed by atoms with E-state index in [1.807, 2.05) is 12.1 Å². The molecule has 1 saturated heterocycles. The Morgan fingerprint density at radius 1 is 1.03 bits per heavy atom. The number of hydrogen-bond donors (Lipinski definition) is 7. The van der Waals surface area contributed by atoms with E-state index >= 15 is 0 Å². The van der Waals surface area contributed by atoms with Gasteiger partial charge in [-0.2, -0.15) is 0 Å². The molecule has 0 radical (unpaired) electrons. The molecule has 162 valence electrons. The van der Waals surface area contributed by atoms with Crippen LogP contribution in [0.1, 0.15) is 68.5 Å². The Hall–Kier alpha value is -1.75. The van der Waals surface area contributed by atoms with Crippen LogP contribution in [0.25, 0.3) is 0 Å². The van der Waals surface area contributed by atoms with E-state index in [9.17, 15) is 25.2 Å². The van der Waals surface area contributed by atoms with E-state index in [4.69, 9.17) is 5.11 Å². The Labute approximate surface area is 170 Å². The lowest BCUT2D eigenvalue weighted by Gasteiger charge is -2.40. The third-order valence-electron chi connectivity index (χ3n) is 5.70. The minimum Gasteiger partial charge on any atom is -0.481 e. The lowest BCUT2D eigenvalue weighted by Crippen LogP contribution is -2.57. The standard InChI is InChI=1S/C20H31N3O6/c24-16-9-8-15(18(27)22-16)23-19(28)13-7-6-12(11-14(13)20(23)29)21-10-4-2-1-3-5-17(25)26/h6-7,11,15-16,18-22,24,27-29H,1-5,8-10H2,(H,25,26). The predicted molar refractivity (Wildman–Crippen MR) is 106 cm³/mol. The van der Waals surface area contributed by atoms with Gasteiger partial charge in [-0.15, -0.1) is 0 Å². The molecule has 9 heteroatoms. The fraction of sp³-hybridized carbons (Fsp3) is 0.650. The number of nitrogens with zero attached hydrogens (tertiary/aromatic N) is 1. The highest BCUT2D eigenvalue weighted by molar-refractivity contribution is 5.66. The molecule has 2 heterocycles. The summed E-state index contributed by atoms with van der Waals surface area (Å²) in [5.41, 5.74) is 2.04. The Bertz CT molecular complexity index is 703. The van der Waals surface area contributed by atoms with Crippen LogP contribution in [0, 0.1) is 0 Å². The van der Waals surface area contributed by atoms with Gasteiger partial charge in [-0.1, -0.05) is 18.9 Å². The van der Waals surface area contributed by atoms with Crippen LogP contribution in [0.3, 0.4) is 0 Å². The number of aliphatic hydroxyl groups is 4. The van der Waals surface area contributed by atoms with Crippen molar-refractivity contribution in [3.63, 3.8) is 0 Å². The number of nitrogens with one attached hydrogen (secondary N) is 2. The summed E-state index contributed by atoms with van der Waals surface area (Å²) in [5.74, 6) is -0.760. The summed E-state index contributed by atoms with van der Waals surface area (Å²) in [6, 6.07) is 4.92. The fourth-order valence-electron chi connectivity index (χ4n) is 4.14. The number of benzene rings is 1. The van der Waals surface area contributed by atoms with Crippen molar-refractivity contribution in [2.75, 3.05) is 11.9 Å². The topological polar surface area (TPSA) is 146 Å². The number of carboxylic acid groups (broad SMARTS) is 1. The van der Waals surface area contributed by atoms with E-state index < -0.39 is 36.9 Å². The monoisotopic (exact) mass is 409 g/mol. The molecule has 2 aliphatic heterocycles. The van der Waals surface area contributed by atoms with E-state index in [2.05, 4.69) is 10.6 Å². The largest absolute Gasteiger partial charge is 0.481 e. The molecule has 2 aliphatic rings. The van der Waals surface area contributed by atoms with Gasteiger partial charge >= 0.3 is 5.97 Å². The molecular formula is C20H31N3O6. The highest BCUT2D eigenvalue weighted by atomic mass is 16.4. The molecule has 1 aromatic rings. The Kier molecular flexibility index (Phi) is 7.44. The van der Waals surface area contributed by atoms with Crippen molar-refractivity contribution < 1.29 is 30.3 Å². The van der Waals surface area contributed by atoms with Gasteiger partial charge in [-0.25, -0.2) is 4.90 Å². The molecule has 0 amide bonds. The third-order valence-corrected chi connectivity index (χ3v) is 5.70. The Morgan fingerprint density at radius 3 is 2.48 bits per heavy atom. The highest BCUT2D eigenvalue weighted by Crippen LogP contribution is 2.43. The maximum Gasteiger partial charge on any atom is 0.303 e. The molecule has 0 bridgehead atoms. The molecule has 29 heavy (non-hydrogen) atoms. The molecular weight excluding hydrogens is 378 g/mol. The zero-order valence-corrected chi connectivity index (χ0v) is 16.4. The summed E-state index contributed by atoms with van der Waals surface area (Å²) in [7, 11) is 0. The zero-order valence-electron chi connectivity index (χ0n) is 16.4. The van der Waals surface area contributed by atoms with Crippen LogP contribution >= 0.6 is 0 Å². The normalized spacial score (nSPS) is 29.6. The van der Waals surface area contributed by atoms with Gasteiger partial charge in [0.25, 0.3) is 0 Å². The van der Waals surface area contributed by atoms with Crippen molar-refractivity contribution >= 4 is 11.7 Å². The smallest absolute Gasteiger partial charge is 0.303 e. The van der Waals surface area contributed by atoms with Gasteiger partial charge in [-0.05, 0) is 37.8 Å². The number of rotatable bonds is 9. The molecule has 5 atom stereocenters. The van der Waals surface area contributed by atoms with Crippen molar-refractivity contribution in [2.24, 2.45) is 0 Å².